The molecule has 1 N–H and O–H groups in total. The number of hydrogen-bond donors (Lipinski definition) is 1. The number of carbonyl (C=O) groups is 1. The molecule has 1 atom stereocenters. The number of halogens is 3. The summed E-state index contributed by atoms with van der Waals surface area (Å²) >= 11 is -0.0439. The third-order valence-corrected chi connectivity index (χ3v) is 3.15. The van der Waals surface area contributed by atoms with E-state index in [2.05, 4.69) is 5.32 Å². The van der Waals surface area contributed by atoms with Crippen molar-refractivity contribution in [2.75, 3.05) is 12.3 Å². The highest BCUT2D eigenvalue weighted by atomic mass is 32.2. The quantitative estimate of drug-likeness (QED) is 0.822. The van der Waals surface area contributed by atoms with E-state index in [0.29, 0.717) is 19.4 Å². The summed E-state index contributed by atoms with van der Waals surface area (Å²) in [6, 6.07) is 0. The monoisotopic (exact) mass is 241 g/mol. The first-order chi connectivity index (χ1) is 6.99. The van der Waals surface area contributed by atoms with Gasteiger partial charge in [0, 0.05) is 18.2 Å². The average molecular weight is 241 g/mol. The van der Waals surface area contributed by atoms with Crippen molar-refractivity contribution in [1.29, 1.82) is 0 Å². The number of nitrogens with one attached hydrogen (secondary N) is 1. The molecule has 0 aromatic carbocycles. The van der Waals surface area contributed by atoms with E-state index in [4.69, 9.17) is 0 Å². The van der Waals surface area contributed by atoms with Crippen molar-refractivity contribution in [3.05, 3.63) is 0 Å². The van der Waals surface area contributed by atoms with Gasteiger partial charge in [-0.1, -0.05) is 18.2 Å². The summed E-state index contributed by atoms with van der Waals surface area (Å²) in [4.78, 5) is 11.4. The van der Waals surface area contributed by atoms with Gasteiger partial charge in [-0.2, -0.15) is 13.2 Å². The van der Waals surface area contributed by atoms with Crippen molar-refractivity contribution < 1.29 is 18.0 Å². The van der Waals surface area contributed by atoms with E-state index in [1.807, 2.05) is 0 Å². The zero-order valence-electron chi connectivity index (χ0n) is 8.27. The van der Waals surface area contributed by atoms with E-state index in [9.17, 15) is 18.0 Å². The van der Waals surface area contributed by atoms with Crippen LogP contribution in [0.25, 0.3) is 0 Å². The largest absolute Gasteiger partial charge is 0.441 e. The van der Waals surface area contributed by atoms with Crippen LogP contribution in [-0.2, 0) is 4.79 Å². The molecule has 1 fully saturated rings. The molecule has 1 heterocycles. The molecule has 2 nitrogen and oxygen atoms in total. The van der Waals surface area contributed by atoms with E-state index >= 15 is 0 Å². The predicted octanol–water partition coefficient (Wildman–Crippen LogP) is 2.55. The van der Waals surface area contributed by atoms with Crippen LogP contribution in [0.3, 0.4) is 0 Å². The fourth-order valence-electron chi connectivity index (χ4n) is 1.60. The summed E-state index contributed by atoms with van der Waals surface area (Å²) in [5.74, 6) is -0.348. The Bertz CT molecular complexity index is 220. The summed E-state index contributed by atoms with van der Waals surface area (Å²) in [6.45, 7) is 0.655. The SMILES string of the molecule is O=C1NCCCCC1CCSC(F)(F)F. The molecule has 1 saturated heterocycles. The van der Waals surface area contributed by atoms with Crippen molar-refractivity contribution in [1.82, 2.24) is 5.32 Å². The normalized spacial score (nSPS) is 23.4. The van der Waals surface area contributed by atoms with Crippen LogP contribution in [0.15, 0.2) is 0 Å². The smallest absolute Gasteiger partial charge is 0.356 e. The van der Waals surface area contributed by atoms with Gasteiger partial charge in [0.1, 0.15) is 0 Å². The number of rotatable bonds is 3. The molecular formula is C9H14F3NOS. The highest BCUT2D eigenvalue weighted by Gasteiger charge is 2.29. The lowest BCUT2D eigenvalue weighted by molar-refractivity contribution is -0.124. The van der Waals surface area contributed by atoms with Crippen molar-refractivity contribution in [3.63, 3.8) is 0 Å². The minimum atomic E-state index is -4.18. The van der Waals surface area contributed by atoms with Crippen LogP contribution in [0.2, 0.25) is 0 Å². The Morgan fingerprint density at radius 1 is 1.40 bits per heavy atom. The van der Waals surface area contributed by atoms with Gasteiger partial charge in [-0.25, -0.2) is 0 Å². The first-order valence-corrected chi connectivity index (χ1v) is 5.96. The lowest BCUT2D eigenvalue weighted by Gasteiger charge is -2.13. The maximum atomic E-state index is 11.8. The zero-order chi connectivity index (χ0) is 11.3. The Hall–Kier alpha value is -0.390. The van der Waals surface area contributed by atoms with Gasteiger partial charge < -0.3 is 5.32 Å². The first kappa shape index (κ1) is 12.7. The van der Waals surface area contributed by atoms with Crippen molar-refractivity contribution in [2.24, 2.45) is 5.92 Å². The van der Waals surface area contributed by atoms with Crippen molar-refractivity contribution in [2.45, 2.75) is 31.2 Å². The number of hydrogen-bond acceptors (Lipinski definition) is 2. The standard InChI is InChI=1S/C9H14F3NOS/c10-9(11,12)15-6-4-7-3-1-2-5-13-8(7)14/h7H,1-6H2,(H,13,14). The Kier molecular flexibility index (Phi) is 4.76. The van der Waals surface area contributed by atoms with Gasteiger partial charge in [-0.05, 0) is 19.3 Å². The van der Waals surface area contributed by atoms with Crippen LogP contribution >= 0.6 is 11.8 Å². The van der Waals surface area contributed by atoms with Gasteiger partial charge in [0.15, 0.2) is 0 Å². The maximum Gasteiger partial charge on any atom is 0.441 e. The molecule has 0 radical (unpaired) electrons. The topological polar surface area (TPSA) is 29.1 Å². The van der Waals surface area contributed by atoms with Crippen molar-refractivity contribution in [3.8, 4) is 0 Å². The van der Waals surface area contributed by atoms with Crippen LogP contribution in [0, 0.1) is 5.92 Å². The zero-order valence-corrected chi connectivity index (χ0v) is 9.09. The second kappa shape index (κ2) is 5.63. The van der Waals surface area contributed by atoms with Crippen LogP contribution in [0.1, 0.15) is 25.7 Å². The number of alkyl halides is 3. The molecule has 1 amide bonds. The first-order valence-electron chi connectivity index (χ1n) is 4.97. The van der Waals surface area contributed by atoms with E-state index < -0.39 is 5.51 Å². The molecule has 0 aliphatic carbocycles. The molecular weight excluding hydrogens is 227 g/mol. The summed E-state index contributed by atoms with van der Waals surface area (Å²) in [5.41, 5.74) is -4.18. The molecule has 0 bridgehead atoms. The molecule has 0 saturated carbocycles. The summed E-state index contributed by atoms with van der Waals surface area (Å²) in [5, 5.41) is 2.71. The fraction of sp³-hybridized carbons (Fsp3) is 0.889. The lowest BCUT2D eigenvalue weighted by atomic mass is 10.0. The highest BCUT2D eigenvalue weighted by Crippen LogP contribution is 2.32. The average Bonchev–Trinajstić information content (AvgIpc) is 2.30. The summed E-state index contributed by atoms with van der Waals surface area (Å²) in [7, 11) is 0. The van der Waals surface area contributed by atoms with E-state index in [1.165, 1.54) is 0 Å². The number of thioether (sulfide) groups is 1. The Morgan fingerprint density at radius 3 is 2.80 bits per heavy atom. The van der Waals surface area contributed by atoms with Gasteiger partial charge in [0.05, 0.1) is 0 Å². The van der Waals surface area contributed by atoms with Gasteiger partial charge in [0.25, 0.3) is 0 Å². The molecule has 0 spiro atoms. The third kappa shape index (κ3) is 5.30. The Balaban J connectivity index is 2.27. The Morgan fingerprint density at radius 2 is 2.13 bits per heavy atom. The Labute approximate surface area is 91.0 Å². The summed E-state index contributed by atoms with van der Waals surface area (Å²) in [6.07, 6.45) is 2.87. The van der Waals surface area contributed by atoms with Crippen LogP contribution < -0.4 is 5.32 Å². The van der Waals surface area contributed by atoms with Crippen LogP contribution in [0.4, 0.5) is 13.2 Å². The van der Waals surface area contributed by atoms with Gasteiger partial charge >= 0.3 is 5.51 Å². The second-order valence-corrected chi connectivity index (χ2v) is 4.73. The predicted molar refractivity (Wildman–Crippen MR) is 53.5 cm³/mol. The number of amides is 1. The fourth-order valence-corrected chi connectivity index (χ4v) is 2.23. The van der Waals surface area contributed by atoms with Gasteiger partial charge in [-0.3, -0.25) is 4.79 Å². The highest BCUT2D eigenvalue weighted by molar-refractivity contribution is 8.00. The molecule has 1 aliphatic rings. The van der Waals surface area contributed by atoms with E-state index in [1.54, 1.807) is 0 Å². The molecule has 1 rings (SSSR count). The van der Waals surface area contributed by atoms with Gasteiger partial charge in [0.2, 0.25) is 5.91 Å². The maximum absolute atomic E-state index is 11.8. The minimum absolute atomic E-state index is 0.0262. The van der Waals surface area contributed by atoms with Crippen molar-refractivity contribution >= 4 is 17.7 Å². The molecule has 6 heteroatoms. The van der Waals surface area contributed by atoms with Crippen LogP contribution in [0.5, 0.6) is 0 Å². The van der Waals surface area contributed by atoms with Crippen LogP contribution in [-0.4, -0.2) is 23.7 Å². The molecule has 88 valence electrons. The minimum Gasteiger partial charge on any atom is -0.356 e. The second-order valence-electron chi connectivity index (χ2n) is 3.57. The third-order valence-electron chi connectivity index (χ3n) is 2.38. The van der Waals surface area contributed by atoms with Gasteiger partial charge in [-0.15, -0.1) is 0 Å². The number of carbonyl (C=O) groups excluding carboxylic acids is 1. The lowest BCUT2D eigenvalue weighted by Crippen LogP contribution is -2.29. The molecule has 1 unspecified atom stereocenters. The molecule has 15 heavy (non-hydrogen) atoms. The summed E-state index contributed by atoms with van der Waals surface area (Å²) < 4.78 is 35.5. The van der Waals surface area contributed by atoms with E-state index in [0.717, 1.165) is 12.8 Å². The molecule has 0 aromatic rings. The van der Waals surface area contributed by atoms with E-state index in [-0.39, 0.29) is 29.3 Å². The molecule has 1 aliphatic heterocycles. The molecule has 0 aromatic heterocycles.